The second-order valence-corrected chi connectivity index (χ2v) is 5.95. The zero-order valence-electron chi connectivity index (χ0n) is 11.4. The van der Waals surface area contributed by atoms with Gasteiger partial charge in [-0.1, -0.05) is 6.92 Å². The topological polar surface area (TPSA) is 71.1 Å². The van der Waals surface area contributed by atoms with Crippen LogP contribution in [0.3, 0.4) is 0 Å². The van der Waals surface area contributed by atoms with Crippen LogP contribution in [0.5, 0.6) is 0 Å². The molecule has 0 bridgehead atoms. The Balaban J connectivity index is 0.00000400. The predicted octanol–water partition coefficient (Wildman–Crippen LogP) is 1.80. The maximum absolute atomic E-state index is 12.3. The van der Waals surface area contributed by atoms with Gasteiger partial charge in [-0.05, 0) is 25.6 Å². The number of aromatic nitrogens is 1. The highest BCUT2D eigenvalue weighted by Crippen LogP contribution is 2.27. The number of sulfonamides is 1. The molecule has 0 spiro atoms. The zero-order valence-corrected chi connectivity index (χ0v) is 13.1. The number of hydrogen-bond donors (Lipinski definition) is 2. The van der Waals surface area contributed by atoms with Gasteiger partial charge >= 0.3 is 6.18 Å². The van der Waals surface area contributed by atoms with Gasteiger partial charge < -0.3 is 5.32 Å². The molecule has 0 unspecified atom stereocenters. The fourth-order valence-electron chi connectivity index (χ4n) is 1.45. The molecule has 0 amide bonds. The van der Waals surface area contributed by atoms with Crippen LogP contribution in [0.15, 0.2) is 23.2 Å². The van der Waals surface area contributed by atoms with Gasteiger partial charge in [0.2, 0.25) is 10.0 Å². The van der Waals surface area contributed by atoms with Gasteiger partial charge in [0.25, 0.3) is 0 Å². The fraction of sp³-hybridized carbons (Fsp3) is 0.545. The Morgan fingerprint density at radius 1 is 1.33 bits per heavy atom. The van der Waals surface area contributed by atoms with E-state index in [2.05, 4.69) is 15.0 Å². The first-order chi connectivity index (χ1) is 9.16. The van der Waals surface area contributed by atoms with Gasteiger partial charge in [-0.15, -0.1) is 12.4 Å². The summed E-state index contributed by atoms with van der Waals surface area (Å²) in [7, 11) is -3.86. The second kappa shape index (κ2) is 7.92. The van der Waals surface area contributed by atoms with Crippen LogP contribution in [0.25, 0.3) is 0 Å². The van der Waals surface area contributed by atoms with Crippen molar-refractivity contribution in [3.8, 4) is 0 Å². The van der Waals surface area contributed by atoms with Gasteiger partial charge in [-0.25, -0.2) is 13.1 Å². The van der Waals surface area contributed by atoms with Crippen molar-refractivity contribution in [2.45, 2.75) is 31.0 Å². The Bertz CT molecular complexity index is 535. The normalized spacial score (nSPS) is 13.6. The summed E-state index contributed by atoms with van der Waals surface area (Å²) >= 11 is 0. The van der Waals surface area contributed by atoms with Crippen LogP contribution in [0.2, 0.25) is 0 Å². The van der Waals surface area contributed by atoms with E-state index in [0.717, 1.165) is 6.07 Å². The molecule has 1 atom stereocenters. The van der Waals surface area contributed by atoms with Crippen molar-refractivity contribution in [2.24, 2.45) is 0 Å². The summed E-state index contributed by atoms with van der Waals surface area (Å²) in [5.74, 6) is 0. The summed E-state index contributed by atoms with van der Waals surface area (Å²) in [6, 6.07) is 1.44. The van der Waals surface area contributed by atoms with Crippen LogP contribution in [0, 0.1) is 0 Å². The summed E-state index contributed by atoms with van der Waals surface area (Å²) in [6.07, 6.45) is -3.89. The van der Waals surface area contributed by atoms with E-state index in [0.29, 0.717) is 18.8 Å². The van der Waals surface area contributed by atoms with E-state index in [1.54, 1.807) is 6.92 Å². The third kappa shape index (κ3) is 6.16. The third-order valence-corrected chi connectivity index (χ3v) is 3.88. The maximum Gasteiger partial charge on any atom is 0.433 e. The number of alkyl halides is 3. The maximum atomic E-state index is 12.3. The standard InChI is InChI=1S/C11H16F3N3O2S.ClH/c1-3-15-8(2)6-17-20(18,19)9-4-5-10(16-7-9)11(12,13)14;/h4-5,7-8,15,17H,3,6H2,1-2H3;1H/t8-;/m1./s1. The van der Waals surface area contributed by atoms with E-state index < -0.39 is 21.9 Å². The molecule has 1 aromatic rings. The molecular formula is C11H17ClF3N3O2S. The summed E-state index contributed by atoms with van der Waals surface area (Å²) < 4.78 is 62.9. The molecule has 2 N–H and O–H groups in total. The molecule has 0 aromatic carbocycles. The molecule has 1 heterocycles. The van der Waals surface area contributed by atoms with Crippen molar-refractivity contribution in [1.82, 2.24) is 15.0 Å². The molecule has 0 fully saturated rings. The average Bonchev–Trinajstić information content (AvgIpc) is 2.36. The van der Waals surface area contributed by atoms with Crippen molar-refractivity contribution in [1.29, 1.82) is 0 Å². The number of halogens is 4. The Kier molecular flexibility index (Phi) is 7.58. The quantitative estimate of drug-likeness (QED) is 0.823. The van der Waals surface area contributed by atoms with Crippen LogP contribution >= 0.6 is 12.4 Å². The SMILES string of the molecule is CCN[C@H](C)CNS(=O)(=O)c1ccc(C(F)(F)F)nc1.Cl. The summed E-state index contributed by atoms with van der Waals surface area (Å²) in [5, 5.41) is 3.01. The van der Waals surface area contributed by atoms with Crippen molar-refractivity contribution < 1.29 is 21.6 Å². The minimum Gasteiger partial charge on any atom is -0.313 e. The van der Waals surface area contributed by atoms with Crippen molar-refractivity contribution in [3.63, 3.8) is 0 Å². The van der Waals surface area contributed by atoms with E-state index in [1.807, 2.05) is 6.92 Å². The minimum atomic E-state index is -4.59. The Morgan fingerprint density at radius 3 is 2.38 bits per heavy atom. The van der Waals surface area contributed by atoms with Gasteiger partial charge in [-0.2, -0.15) is 13.2 Å². The van der Waals surface area contributed by atoms with Crippen molar-refractivity contribution >= 4 is 22.4 Å². The van der Waals surface area contributed by atoms with E-state index in [1.165, 1.54) is 0 Å². The highest BCUT2D eigenvalue weighted by atomic mass is 35.5. The lowest BCUT2D eigenvalue weighted by Crippen LogP contribution is -2.38. The Morgan fingerprint density at radius 2 is 1.95 bits per heavy atom. The van der Waals surface area contributed by atoms with E-state index >= 15 is 0 Å². The fourth-order valence-corrected chi connectivity index (χ4v) is 2.52. The predicted molar refractivity (Wildman–Crippen MR) is 74.8 cm³/mol. The van der Waals surface area contributed by atoms with Crippen LogP contribution in [-0.2, 0) is 16.2 Å². The van der Waals surface area contributed by atoms with E-state index in [-0.39, 0.29) is 29.9 Å². The smallest absolute Gasteiger partial charge is 0.313 e. The number of rotatable bonds is 6. The first-order valence-corrected chi connectivity index (χ1v) is 7.41. The molecule has 10 heteroatoms. The Labute approximate surface area is 127 Å². The second-order valence-electron chi connectivity index (χ2n) is 4.19. The monoisotopic (exact) mass is 347 g/mol. The lowest BCUT2D eigenvalue weighted by molar-refractivity contribution is -0.141. The zero-order chi connectivity index (χ0) is 15.4. The molecular weight excluding hydrogens is 331 g/mol. The number of hydrogen-bond acceptors (Lipinski definition) is 4. The van der Waals surface area contributed by atoms with Crippen LogP contribution in [-0.4, -0.2) is 32.5 Å². The number of likely N-dealkylation sites (N-methyl/N-ethyl adjacent to an activating group) is 1. The molecule has 0 radical (unpaired) electrons. The average molecular weight is 348 g/mol. The molecule has 0 aliphatic heterocycles. The van der Waals surface area contributed by atoms with Crippen LogP contribution in [0.4, 0.5) is 13.2 Å². The largest absolute Gasteiger partial charge is 0.433 e. The Hall–Kier alpha value is -0.900. The van der Waals surface area contributed by atoms with Crippen LogP contribution in [0.1, 0.15) is 19.5 Å². The molecule has 0 aliphatic rings. The molecule has 1 rings (SSSR count). The molecule has 0 aliphatic carbocycles. The highest BCUT2D eigenvalue weighted by molar-refractivity contribution is 7.89. The summed E-state index contributed by atoms with van der Waals surface area (Å²) in [6.45, 7) is 4.49. The minimum absolute atomic E-state index is 0. The molecule has 0 saturated heterocycles. The molecule has 122 valence electrons. The summed E-state index contributed by atoms with van der Waals surface area (Å²) in [4.78, 5) is 2.82. The first-order valence-electron chi connectivity index (χ1n) is 5.93. The van der Waals surface area contributed by atoms with Gasteiger partial charge in [0.1, 0.15) is 10.6 Å². The third-order valence-electron chi connectivity index (χ3n) is 2.47. The van der Waals surface area contributed by atoms with E-state index in [4.69, 9.17) is 0 Å². The molecule has 5 nitrogen and oxygen atoms in total. The first kappa shape index (κ1) is 20.1. The molecule has 1 aromatic heterocycles. The van der Waals surface area contributed by atoms with Gasteiger partial charge in [-0.3, -0.25) is 4.98 Å². The summed E-state index contributed by atoms with van der Waals surface area (Å²) in [5.41, 5.74) is -1.13. The number of nitrogens with zero attached hydrogens (tertiary/aromatic N) is 1. The van der Waals surface area contributed by atoms with Gasteiger partial charge in [0.05, 0.1) is 0 Å². The highest BCUT2D eigenvalue weighted by Gasteiger charge is 2.32. The lowest BCUT2D eigenvalue weighted by atomic mass is 10.3. The van der Waals surface area contributed by atoms with Crippen molar-refractivity contribution in [3.05, 3.63) is 24.0 Å². The molecule has 21 heavy (non-hydrogen) atoms. The van der Waals surface area contributed by atoms with Crippen LogP contribution < -0.4 is 10.0 Å². The lowest BCUT2D eigenvalue weighted by Gasteiger charge is -2.13. The van der Waals surface area contributed by atoms with E-state index in [9.17, 15) is 21.6 Å². The van der Waals surface area contributed by atoms with Gasteiger partial charge in [0.15, 0.2) is 0 Å². The number of nitrogens with one attached hydrogen (secondary N) is 2. The van der Waals surface area contributed by atoms with Gasteiger partial charge in [0, 0.05) is 18.8 Å². The molecule has 0 saturated carbocycles. The number of pyridine rings is 1. The van der Waals surface area contributed by atoms with Crippen molar-refractivity contribution in [2.75, 3.05) is 13.1 Å².